The van der Waals surface area contributed by atoms with E-state index in [-0.39, 0.29) is 76.3 Å². The molecule has 0 spiro atoms. The number of carbonyl (C=O) groups excluding carboxylic acids is 3. The third-order valence-electron chi connectivity index (χ3n) is 8.59. The van der Waals surface area contributed by atoms with Gasteiger partial charge < -0.3 is 10.3 Å². The van der Waals surface area contributed by atoms with Gasteiger partial charge in [-0.25, -0.2) is 0 Å². The van der Waals surface area contributed by atoms with E-state index in [1.807, 2.05) is 36.4 Å². The Morgan fingerprint density at radius 3 is 2.35 bits per heavy atom. The van der Waals surface area contributed by atoms with E-state index < -0.39 is 0 Å². The number of carbonyl (C=O) groups is 3. The molecule has 4 aliphatic rings. The van der Waals surface area contributed by atoms with Gasteiger partial charge in [0.1, 0.15) is 0 Å². The highest BCUT2D eigenvalue weighted by atomic mass is 32.2. The lowest BCUT2D eigenvalue weighted by Crippen LogP contribution is -2.42. The van der Waals surface area contributed by atoms with Crippen LogP contribution in [0.5, 0.6) is 0 Å². The van der Waals surface area contributed by atoms with Crippen molar-refractivity contribution in [2.75, 3.05) is 11.9 Å². The predicted molar refractivity (Wildman–Crippen MR) is 141 cm³/mol. The van der Waals surface area contributed by atoms with Crippen molar-refractivity contribution in [1.29, 1.82) is 0 Å². The molecule has 2 bridgehead atoms. The van der Waals surface area contributed by atoms with Gasteiger partial charge in [-0.3, -0.25) is 24.1 Å². The summed E-state index contributed by atoms with van der Waals surface area (Å²) in [6.45, 7) is 0.105. The van der Waals surface area contributed by atoms with Crippen molar-refractivity contribution in [3.05, 3.63) is 80.8 Å². The van der Waals surface area contributed by atoms with Crippen LogP contribution >= 0.6 is 23.1 Å². The van der Waals surface area contributed by atoms with Gasteiger partial charge in [0.05, 0.1) is 16.9 Å². The van der Waals surface area contributed by atoms with Crippen molar-refractivity contribution in [2.45, 2.75) is 29.0 Å². The van der Waals surface area contributed by atoms with E-state index in [4.69, 9.17) is 0 Å². The van der Waals surface area contributed by atoms with Crippen LogP contribution in [0.1, 0.15) is 29.2 Å². The zero-order valence-electron chi connectivity index (χ0n) is 19.8. The van der Waals surface area contributed by atoms with Crippen molar-refractivity contribution in [2.24, 2.45) is 29.6 Å². The van der Waals surface area contributed by atoms with Crippen molar-refractivity contribution < 1.29 is 14.4 Å². The minimum atomic E-state index is -0.333. The molecule has 2 aliphatic carbocycles. The molecule has 2 saturated carbocycles. The summed E-state index contributed by atoms with van der Waals surface area (Å²) in [7, 11) is 0. The van der Waals surface area contributed by atoms with Crippen LogP contribution in [0.3, 0.4) is 0 Å². The number of para-hydroxylation sites is 1. The van der Waals surface area contributed by atoms with Gasteiger partial charge in [0.15, 0.2) is 0 Å². The molecule has 9 heteroatoms. The number of hydrogen-bond acceptors (Lipinski definition) is 6. The number of benzene rings is 2. The first kappa shape index (κ1) is 23.0. The first-order valence-electron chi connectivity index (χ1n) is 12.7. The Morgan fingerprint density at radius 2 is 1.62 bits per heavy atom. The predicted octanol–water partition coefficient (Wildman–Crippen LogP) is 3.94. The average Bonchev–Trinajstić information content (AvgIpc) is 3.63. The smallest absolute Gasteiger partial charge is 0.305 e. The highest BCUT2D eigenvalue weighted by Gasteiger charge is 2.69. The monoisotopic (exact) mass is 531 g/mol. The summed E-state index contributed by atoms with van der Waals surface area (Å²) in [6.07, 6.45) is 0.938. The summed E-state index contributed by atoms with van der Waals surface area (Å²) in [6, 6.07) is 19.4. The number of aromatic amines is 1. The number of likely N-dealkylation sites (tertiary alicyclic amines) is 1. The van der Waals surface area contributed by atoms with Crippen LogP contribution in [0.25, 0.3) is 0 Å². The van der Waals surface area contributed by atoms with Gasteiger partial charge in [0, 0.05) is 34.7 Å². The molecule has 37 heavy (non-hydrogen) atoms. The molecule has 3 amide bonds. The molecule has 7 unspecified atom stereocenters. The van der Waals surface area contributed by atoms with Crippen molar-refractivity contribution in [3.8, 4) is 0 Å². The number of thiazole rings is 1. The third-order valence-corrected chi connectivity index (χ3v) is 11.2. The summed E-state index contributed by atoms with van der Waals surface area (Å²) in [5.74, 6) is -0.727. The molecule has 3 aromatic rings. The van der Waals surface area contributed by atoms with Crippen molar-refractivity contribution >= 4 is 46.5 Å². The maximum Gasteiger partial charge on any atom is 0.305 e. The fourth-order valence-electron chi connectivity index (χ4n) is 7.29. The molecule has 7 rings (SSSR count). The Kier molecular flexibility index (Phi) is 5.40. The fourth-order valence-corrected chi connectivity index (χ4v) is 10.2. The first-order valence-corrected chi connectivity index (χ1v) is 14.4. The Hall–Kier alpha value is -3.17. The third kappa shape index (κ3) is 3.54. The number of fused-ring (bicyclic) bond motifs is 9. The van der Waals surface area contributed by atoms with Crippen LogP contribution in [0.4, 0.5) is 5.69 Å². The molecule has 3 fully saturated rings. The molecule has 188 valence electrons. The van der Waals surface area contributed by atoms with Gasteiger partial charge in [-0.05, 0) is 41.9 Å². The summed E-state index contributed by atoms with van der Waals surface area (Å²) in [5, 5.41) is 3.92. The van der Waals surface area contributed by atoms with E-state index in [0.717, 1.165) is 21.9 Å². The summed E-state index contributed by atoms with van der Waals surface area (Å²) in [4.78, 5) is 57.4. The molecule has 7 nitrogen and oxygen atoms in total. The van der Waals surface area contributed by atoms with E-state index >= 15 is 0 Å². The number of H-pyrrole nitrogens is 1. The maximum absolute atomic E-state index is 13.6. The summed E-state index contributed by atoms with van der Waals surface area (Å²) in [5.41, 5.74) is 1.85. The maximum atomic E-state index is 13.6. The standard InChI is InChI=1S/C28H25N3O4S2/c32-18(29-15-9-5-2-6-10-15)11-12-31-26(33)21-16-13-17(22(21)27(31)34)23-20(16)19(14-7-3-1-4-8-14)24-25(36-23)30-28(35)37-24/h1-10,16-17,19-23H,11-13H2,(H,29,32)(H,30,35). The highest BCUT2D eigenvalue weighted by Crippen LogP contribution is 2.68. The lowest BCUT2D eigenvalue weighted by molar-refractivity contribution is -0.141. The van der Waals surface area contributed by atoms with E-state index in [1.54, 1.807) is 23.9 Å². The summed E-state index contributed by atoms with van der Waals surface area (Å²) < 4.78 is 0. The van der Waals surface area contributed by atoms with Gasteiger partial charge in [-0.15, -0.1) is 11.8 Å². The lowest BCUT2D eigenvalue weighted by atomic mass is 9.68. The number of nitrogens with zero attached hydrogens (tertiary/aromatic N) is 1. The van der Waals surface area contributed by atoms with Crippen LogP contribution in [0.2, 0.25) is 0 Å². The van der Waals surface area contributed by atoms with Gasteiger partial charge in [-0.1, -0.05) is 59.9 Å². The molecule has 2 aliphatic heterocycles. The summed E-state index contributed by atoms with van der Waals surface area (Å²) >= 11 is 2.96. The minimum absolute atomic E-state index is 0.0379. The first-order chi connectivity index (χ1) is 18.0. The van der Waals surface area contributed by atoms with Crippen molar-refractivity contribution in [1.82, 2.24) is 9.88 Å². The second-order valence-electron chi connectivity index (χ2n) is 10.4. The normalized spacial score (nSPS) is 31.2. The second kappa shape index (κ2) is 8.70. The zero-order valence-corrected chi connectivity index (χ0v) is 21.5. The molecule has 3 heterocycles. The van der Waals surface area contributed by atoms with Gasteiger partial charge in [0.25, 0.3) is 0 Å². The quantitative estimate of drug-likeness (QED) is 0.486. The average molecular weight is 532 g/mol. The minimum Gasteiger partial charge on any atom is -0.326 e. The fraction of sp³-hybridized carbons (Fsp3) is 0.357. The lowest BCUT2D eigenvalue weighted by Gasteiger charge is -2.43. The zero-order chi connectivity index (χ0) is 25.3. The van der Waals surface area contributed by atoms with Crippen LogP contribution in [0.15, 0.2) is 70.5 Å². The van der Waals surface area contributed by atoms with E-state index in [9.17, 15) is 19.2 Å². The molecule has 1 aromatic heterocycles. The molecule has 1 saturated heterocycles. The Labute approximate surface area is 221 Å². The largest absolute Gasteiger partial charge is 0.326 e. The van der Waals surface area contributed by atoms with Gasteiger partial charge >= 0.3 is 4.87 Å². The molecule has 0 radical (unpaired) electrons. The van der Waals surface area contributed by atoms with Gasteiger partial charge in [0.2, 0.25) is 17.7 Å². The molecular weight excluding hydrogens is 506 g/mol. The van der Waals surface area contributed by atoms with Crippen LogP contribution < -0.4 is 10.2 Å². The van der Waals surface area contributed by atoms with E-state index in [1.165, 1.54) is 16.2 Å². The number of rotatable bonds is 5. The molecule has 2 N–H and O–H groups in total. The SMILES string of the molecule is O=C(CCN1C(=O)C2C3CC(C2C1=O)C1C(c2ccccc2)c2sc(=O)[nH]c2SC31)Nc1ccccc1. The number of thioether (sulfide) groups is 1. The number of anilines is 1. The van der Waals surface area contributed by atoms with Crippen LogP contribution in [-0.4, -0.2) is 39.4 Å². The highest BCUT2D eigenvalue weighted by molar-refractivity contribution is 8.00. The van der Waals surface area contributed by atoms with Gasteiger partial charge in [-0.2, -0.15) is 0 Å². The molecule has 7 atom stereocenters. The topological polar surface area (TPSA) is 99.3 Å². The molecule has 2 aromatic carbocycles. The number of hydrogen-bond donors (Lipinski definition) is 2. The van der Waals surface area contributed by atoms with E-state index in [2.05, 4.69) is 22.4 Å². The number of amides is 3. The number of nitrogens with one attached hydrogen (secondary N) is 2. The van der Waals surface area contributed by atoms with Crippen LogP contribution in [0, 0.1) is 29.6 Å². The Morgan fingerprint density at radius 1 is 0.946 bits per heavy atom. The number of imide groups is 1. The van der Waals surface area contributed by atoms with Crippen LogP contribution in [-0.2, 0) is 14.4 Å². The van der Waals surface area contributed by atoms with E-state index in [0.29, 0.717) is 5.69 Å². The Balaban J connectivity index is 1.15. The number of aromatic nitrogens is 1. The Bertz CT molecular complexity index is 1450. The van der Waals surface area contributed by atoms with Crippen molar-refractivity contribution in [3.63, 3.8) is 0 Å². The second-order valence-corrected chi connectivity index (χ2v) is 12.6. The molecular formula is C28H25N3O4S2.